The van der Waals surface area contributed by atoms with Crippen LogP contribution in [0.1, 0.15) is 44.1 Å². The van der Waals surface area contributed by atoms with Crippen LogP contribution in [-0.2, 0) is 0 Å². The molecular weight excluding hydrogens is 241 g/mol. The van der Waals surface area contributed by atoms with E-state index in [0.717, 1.165) is 25.1 Å². The normalized spacial score (nSPS) is 23.3. The van der Waals surface area contributed by atoms with Crippen molar-refractivity contribution in [3.05, 3.63) is 29.6 Å². The van der Waals surface area contributed by atoms with E-state index in [1.165, 1.54) is 25.3 Å². The van der Waals surface area contributed by atoms with E-state index >= 15 is 0 Å². The molecule has 2 unspecified atom stereocenters. The van der Waals surface area contributed by atoms with Gasteiger partial charge in [-0.3, -0.25) is 0 Å². The summed E-state index contributed by atoms with van der Waals surface area (Å²) in [6, 6.07) is 5.29. The van der Waals surface area contributed by atoms with Crippen molar-refractivity contribution >= 4 is 0 Å². The molecule has 0 amide bonds. The molecule has 0 aromatic heterocycles. The Kier molecular flexibility index (Phi) is 5.20. The lowest BCUT2D eigenvalue weighted by atomic mass is 9.75. The molecule has 1 aromatic rings. The molecule has 1 aromatic carbocycles. The van der Waals surface area contributed by atoms with Gasteiger partial charge in [-0.05, 0) is 49.4 Å². The minimum atomic E-state index is -0.118. The molecule has 1 aliphatic carbocycles. The third-order valence-electron chi connectivity index (χ3n) is 4.17. The second kappa shape index (κ2) is 6.90. The van der Waals surface area contributed by atoms with Crippen molar-refractivity contribution < 1.29 is 9.13 Å². The van der Waals surface area contributed by atoms with Gasteiger partial charge in [-0.2, -0.15) is 0 Å². The molecule has 0 spiro atoms. The average molecular weight is 265 g/mol. The second-order valence-electron chi connectivity index (χ2n) is 5.35. The molecule has 1 saturated carbocycles. The molecule has 2 rings (SSSR count). The first-order valence-corrected chi connectivity index (χ1v) is 7.30. The van der Waals surface area contributed by atoms with Crippen LogP contribution in [0.4, 0.5) is 4.39 Å². The molecule has 1 fully saturated rings. The summed E-state index contributed by atoms with van der Waals surface area (Å²) >= 11 is 0. The van der Waals surface area contributed by atoms with Crippen LogP contribution in [0.5, 0.6) is 5.75 Å². The zero-order valence-electron chi connectivity index (χ0n) is 11.9. The smallest absolute Gasteiger partial charge is 0.130 e. The van der Waals surface area contributed by atoms with Crippen molar-refractivity contribution in [1.82, 2.24) is 5.32 Å². The van der Waals surface area contributed by atoms with Gasteiger partial charge in [0.2, 0.25) is 0 Å². The minimum Gasteiger partial charge on any atom is -0.497 e. The van der Waals surface area contributed by atoms with Crippen LogP contribution in [0.25, 0.3) is 0 Å². The topological polar surface area (TPSA) is 21.3 Å². The van der Waals surface area contributed by atoms with Gasteiger partial charge in [-0.1, -0.05) is 25.8 Å². The lowest BCUT2D eigenvalue weighted by Gasteiger charge is -2.32. The Morgan fingerprint density at radius 2 is 2.11 bits per heavy atom. The molecule has 1 aliphatic rings. The Morgan fingerprint density at radius 1 is 1.32 bits per heavy atom. The third-order valence-corrected chi connectivity index (χ3v) is 4.17. The van der Waals surface area contributed by atoms with Gasteiger partial charge in [0.15, 0.2) is 0 Å². The molecule has 0 aliphatic heterocycles. The van der Waals surface area contributed by atoms with Gasteiger partial charge in [0.25, 0.3) is 0 Å². The van der Waals surface area contributed by atoms with Crippen LogP contribution in [0.3, 0.4) is 0 Å². The molecule has 0 saturated heterocycles. The van der Waals surface area contributed by atoms with Crippen molar-refractivity contribution in [2.24, 2.45) is 5.92 Å². The maximum Gasteiger partial charge on any atom is 0.130 e. The molecule has 2 atom stereocenters. The molecule has 1 N–H and O–H groups in total. The molecule has 2 nitrogen and oxygen atoms in total. The van der Waals surface area contributed by atoms with E-state index in [9.17, 15) is 4.39 Å². The highest BCUT2D eigenvalue weighted by atomic mass is 19.1. The quantitative estimate of drug-likeness (QED) is 0.876. The summed E-state index contributed by atoms with van der Waals surface area (Å²) in [6.45, 7) is 4.09. The number of halogens is 1. The maximum atomic E-state index is 14.2. The molecule has 0 bridgehead atoms. The Hall–Kier alpha value is -1.09. The second-order valence-corrected chi connectivity index (χ2v) is 5.35. The highest BCUT2D eigenvalue weighted by molar-refractivity contribution is 5.31. The number of methoxy groups -OCH3 is 1. The zero-order valence-corrected chi connectivity index (χ0v) is 11.9. The third kappa shape index (κ3) is 3.47. The van der Waals surface area contributed by atoms with E-state index in [-0.39, 0.29) is 5.82 Å². The van der Waals surface area contributed by atoms with Gasteiger partial charge >= 0.3 is 0 Å². The largest absolute Gasteiger partial charge is 0.497 e. The number of rotatable bonds is 5. The van der Waals surface area contributed by atoms with Crippen LogP contribution < -0.4 is 10.1 Å². The average Bonchev–Trinajstić information content (AvgIpc) is 2.45. The SMILES string of the molecule is CCNCC1CCCCC1c1ccc(OC)cc1F. The summed E-state index contributed by atoms with van der Waals surface area (Å²) in [5.41, 5.74) is 0.864. The Bertz CT molecular complexity index is 408. The first-order chi connectivity index (χ1) is 9.26. The summed E-state index contributed by atoms with van der Waals surface area (Å²) in [5, 5.41) is 3.41. The van der Waals surface area contributed by atoms with E-state index in [1.807, 2.05) is 12.1 Å². The van der Waals surface area contributed by atoms with Gasteiger partial charge in [-0.15, -0.1) is 0 Å². The van der Waals surface area contributed by atoms with Crippen LogP contribution in [0.15, 0.2) is 18.2 Å². The van der Waals surface area contributed by atoms with E-state index < -0.39 is 0 Å². The van der Waals surface area contributed by atoms with E-state index in [1.54, 1.807) is 7.11 Å². The number of benzene rings is 1. The van der Waals surface area contributed by atoms with Crippen molar-refractivity contribution in [2.45, 2.75) is 38.5 Å². The maximum absolute atomic E-state index is 14.2. The number of hydrogen-bond donors (Lipinski definition) is 1. The summed E-state index contributed by atoms with van der Waals surface area (Å²) in [5.74, 6) is 1.38. The molecule has 19 heavy (non-hydrogen) atoms. The fourth-order valence-electron chi connectivity index (χ4n) is 3.13. The van der Waals surface area contributed by atoms with Crippen LogP contribution in [0, 0.1) is 11.7 Å². The van der Waals surface area contributed by atoms with Gasteiger partial charge in [0.1, 0.15) is 11.6 Å². The summed E-state index contributed by atoms with van der Waals surface area (Å²) < 4.78 is 19.3. The fraction of sp³-hybridized carbons (Fsp3) is 0.625. The number of nitrogens with one attached hydrogen (secondary N) is 1. The van der Waals surface area contributed by atoms with Crippen LogP contribution >= 0.6 is 0 Å². The monoisotopic (exact) mass is 265 g/mol. The standard InChI is InChI=1S/C16H24FNO/c1-3-18-11-12-6-4-5-7-14(12)15-9-8-13(19-2)10-16(15)17/h8-10,12,14,18H,3-7,11H2,1-2H3. The lowest BCUT2D eigenvalue weighted by molar-refractivity contribution is 0.291. The molecule has 106 valence electrons. The van der Waals surface area contributed by atoms with Gasteiger partial charge in [0, 0.05) is 6.07 Å². The van der Waals surface area contributed by atoms with Crippen molar-refractivity contribution in [1.29, 1.82) is 0 Å². The molecule has 0 radical (unpaired) electrons. The van der Waals surface area contributed by atoms with E-state index in [4.69, 9.17) is 4.74 Å². The summed E-state index contributed by atoms with van der Waals surface area (Å²) in [4.78, 5) is 0. The Labute approximate surface area is 115 Å². The number of hydrogen-bond acceptors (Lipinski definition) is 2. The van der Waals surface area contributed by atoms with Gasteiger partial charge in [0.05, 0.1) is 7.11 Å². The van der Waals surface area contributed by atoms with Crippen molar-refractivity contribution in [3.8, 4) is 5.75 Å². The summed E-state index contributed by atoms with van der Waals surface area (Å²) in [6.07, 6.45) is 4.77. The van der Waals surface area contributed by atoms with E-state index in [2.05, 4.69) is 12.2 Å². The fourth-order valence-corrected chi connectivity index (χ4v) is 3.13. The highest BCUT2D eigenvalue weighted by Crippen LogP contribution is 2.39. The Balaban J connectivity index is 2.17. The highest BCUT2D eigenvalue weighted by Gasteiger charge is 2.28. The minimum absolute atomic E-state index is 0.118. The first-order valence-electron chi connectivity index (χ1n) is 7.30. The Morgan fingerprint density at radius 3 is 2.79 bits per heavy atom. The van der Waals surface area contributed by atoms with Crippen LogP contribution in [0.2, 0.25) is 0 Å². The van der Waals surface area contributed by atoms with E-state index in [0.29, 0.717) is 17.6 Å². The molecule has 0 heterocycles. The first kappa shape index (κ1) is 14.3. The number of ether oxygens (including phenoxy) is 1. The van der Waals surface area contributed by atoms with Gasteiger partial charge < -0.3 is 10.1 Å². The predicted octanol–water partition coefficient (Wildman–Crippen LogP) is 3.72. The van der Waals surface area contributed by atoms with Crippen molar-refractivity contribution in [3.63, 3.8) is 0 Å². The predicted molar refractivity (Wildman–Crippen MR) is 76.2 cm³/mol. The molecule has 3 heteroatoms. The zero-order chi connectivity index (χ0) is 13.7. The van der Waals surface area contributed by atoms with Crippen LogP contribution in [-0.4, -0.2) is 20.2 Å². The van der Waals surface area contributed by atoms with Gasteiger partial charge in [-0.25, -0.2) is 4.39 Å². The lowest BCUT2D eigenvalue weighted by Crippen LogP contribution is -2.29. The van der Waals surface area contributed by atoms with Crippen molar-refractivity contribution in [2.75, 3.05) is 20.2 Å². The molecular formula is C16H24FNO. The summed E-state index contributed by atoms with van der Waals surface area (Å²) in [7, 11) is 1.57.